The first-order valence-corrected chi connectivity index (χ1v) is 11.9. The predicted octanol–water partition coefficient (Wildman–Crippen LogP) is 4.68. The minimum atomic E-state index is -3.80. The van der Waals surface area contributed by atoms with Crippen molar-refractivity contribution in [1.82, 2.24) is 4.72 Å². The van der Waals surface area contributed by atoms with E-state index >= 15 is 0 Å². The summed E-state index contributed by atoms with van der Waals surface area (Å²) in [5.41, 5.74) is 2.09. The molecule has 7 heteroatoms. The Hall–Kier alpha value is -2.38. The molecule has 1 aliphatic carbocycles. The normalized spacial score (nSPS) is 15.2. The van der Waals surface area contributed by atoms with Gasteiger partial charge in [0.25, 0.3) is 5.91 Å². The van der Waals surface area contributed by atoms with Crippen molar-refractivity contribution in [3.05, 3.63) is 53.6 Å². The van der Waals surface area contributed by atoms with Gasteiger partial charge in [0.1, 0.15) is 10.6 Å². The van der Waals surface area contributed by atoms with Crippen molar-refractivity contribution in [2.75, 3.05) is 12.4 Å². The number of sulfonamides is 1. The molecule has 0 radical (unpaired) electrons. The lowest BCUT2D eigenvalue weighted by Crippen LogP contribution is -2.36. The van der Waals surface area contributed by atoms with Crippen molar-refractivity contribution in [2.45, 2.75) is 62.8 Å². The molecule has 0 heterocycles. The van der Waals surface area contributed by atoms with Gasteiger partial charge in [-0.15, -0.1) is 0 Å². The molecule has 1 aliphatic rings. The van der Waals surface area contributed by atoms with Crippen LogP contribution in [0.3, 0.4) is 0 Å². The van der Waals surface area contributed by atoms with E-state index in [4.69, 9.17) is 4.74 Å². The van der Waals surface area contributed by atoms with Crippen LogP contribution in [-0.2, 0) is 10.0 Å². The second kappa shape index (κ2) is 9.62. The number of hydrogen-bond acceptors (Lipinski definition) is 4. The number of anilines is 1. The lowest BCUT2D eigenvalue weighted by atomic mass is 9.96. The Morgan fingerprint density at radius 2 is 1.70 bits per heavy atom. The van der Waals surface area contributed by atoms with Crippen LogP contribution >= 0.6 is 0 Å². The molecule has 0 bridgehead atoms. The minimum Gasteiger partial charge on any atom is -0.495 e. The molecule has 6 nitrogen and oxygen atoms in total. The van der Waals surface area contributed by atoms with Gasteiger partial charge in [-0.3, -0.25) is 4.79 Å². The molecular formula is C23H30N2O4S. The van der Waals surface area contributed by atoms with E-state index in [1.54, 1.807) is 6.07 Å². The van der Waals surface area contributed by atoms with Crippen LogP contribution in [0.1, 0.15) is 67.8 Å². The Morgan fingerprint density at radius 3 is 2.30 bits per heavy atom. The monoisotopic (exact) mass is 430 g/mol. The van der Waals surface area contributed by atoms with Crippen LogP contribution in [-0.4, -0.2) is 27.5 Å². The first kappa shape index (κ1) is 22.3. The fourth-order valence-electron chi connectivity index (χ4n) is 3.69. The second-order valence-corrected chi connectivity index (χ2v) is 9.74. The summed E-state index contributed by atoms with van der Waals surface area (Å²) in [6.07, 6.45) is 4.82. The van der Waals surface area contributed by atoms with Gasteiger partial charge in [0, 0.05) is 17.3 Å². The fourth-order valence-corrected chi connectivity index (χ4v) is 5.19. The molecule has 1 fully saturated rings. The SMILES string of the molecule is COc1ccc(C(=O)Nc2ccc(C(C)C)cc2)cc1S(=O)(=O)NC1CCCCC1. The van der Waals surface area contributed by atoms with E-state index in [0.717, 1.165) is 32.1 Å². The van der Waals surface area contributed by atoms with Crippen LogP contribution in [0, 0.1) is 0 Å². The molecule has 1 saturated carbocycles. The average molecular weight is 431 g/mol. The highest BCUT2D eigenvalue weighted by molar-refractivity contribution is 7.89. The summed E-state index contributed by atoms with van der Waals surface area (Å²) in [6, 6.07) is 12.0. The number of hydrogen-bond donors (Lipinski definition) is 2. The van der Waals surface area contributed by atoms with Crippen LogP contribution in [0.15, 0.2) is 47.4 Å². The van der Waals surface area contributed by atoms with Crippen molar-refractivity contribution in [3.63, 3.8) is 0 Å². The van der Waals surface area contributed by atoms with Crippen LogP contribution in [0.25, 0.3) is 0 Å². The average Bonchev–Trinajstić information content (AvgIpc) is 2.74. The number of ether oxygens (including phenoxy) is 1. The van der Waals surface area contributed by atoms with Gasteiger partial charge in [0.05, 0.1) is 7.11 Å². The van der Waals surface area contributed by atoms with Crippen molar-refractivity contribution in [2.24, 2.45) is 0 Å². The lowest BCUT2D eigenvalue weighted by molar-refractivity contribution is 0.102. The first-order chi connectivity index (χ1) is 14.3. The van der Waals surface area contributed by atoms with Gasteiger partial charge < -0.3 is 10.1 Å². The zero-order valence-electron chi connectivity index (χ0n) is 17.8. The zero-order chi connectivity index (χ0) is 21.7. The molecule has 0 aromatic heterocycles. The number of nitrogens with one attached hydrogen (secondary N) is 2. The lowest BCUT2D eigenvalue weighted by Gasteiger charge is -2.23. The van der Waals surface area contributed by atoms with Crippen molar-refractivity contribution in [3.8, 4) is 5.75 Å². The zero-order valence-corrected chi connectivity index (χ0v) is 18.6. The molecule has 0 spiro atoms. The van der Waals surface area contributed by atoms with Crippen LogP contribution in [0.5, 0.6) is 5.75 Å². The van der Waals surface area contributed by atoms with Crippen molar-refractivity contribution >= 4 is 21.6 Å². The number of carbonyl (C=O) groups excluding carboxylic acids is 1. The molecule has 162 valence electrons. The first-order valence-electron chi connectivity index (χ1n) is 10.4. The third kappa shape index (κ3) is 5.40. The number of benzene rings is 2. The van der Waals surface area contributed by atoms with Gasteiger partial charge in [-0.05, 0) is 54.7 Å². The van der Waals surface area contributed by atoms with Crippen LogP contribution in [0.2, 0.25) is 0 Å². The Kier molecular flexibility index (Phi) is 7.15. The van der Waals surface area contributed by atoms with Gasteiger partial charge in [-0.1, -0.05) is 45.2 Å². The van der Waals surface area contributed by atoms with E-state index in [1.165, 1.54) is 24.8 Å². The number of carbonyl (C=O) groups is 1. The van der Waals surface area contributed by atoms with Gasteiger partial charge in [0.15, 0.2) is 0 Å². The van der Waals surface area contributed by atoms with Crippen LogP contribution in [0.4, 0.5) is 5.69 Å². The molecule has 3 rings (SSSR count). The minimum absolute atomic E-state index is 0.0154. The third-order valence-electron chi connectivity index (χ3n) is 5.48. The van der Waals surface area contributed by atoms with Crippen molar-refractivity contribution in [1.29, 1.82) is 0 Å². The summed E-state index contributed by atoms with van der Waals surface area (Å²) in [5, 5.41) is 2.83. The summed E-state index contributed by atoms with van der Waals surface area (Å²) >= 11 is 0. The molecule has 0 atom stereocenters. The Bertz CT molecular complexity index is 979. The van der Waals surface area contributed by atoms with Gasteiger partial charge in [-0.2, -0.15) is 0 Å². The molecule has 0 unspecified atom stereocenters. The Morgan fingerprint density at radius 1 is 1.03 bits per heavy atom. The van der Waals surface area contributed by atoms with E-state index in [1.807, 2.05) is 24.3 Å². The molecule has 0 aliphatic heterocycles. The summed E-state index contributed by atoms with van der Waals surface area (Å²) in [7, 11) is -2.38. The highest BCUT2D eigenvalue weighted by atomic mass is 32.2. The topological polar surface area (TPSA) is 84.5 Å². The van der Waals surface area contributed by atoms with Gasteiger partial charge >= 0.3 is 0 Å². The smallest absolute Gasteiger partial charge is 0.255 e. The molecule has 2 aromatic rings. The summed E-state index contributed by atoms with van der Waals surface area (Å²) < 4.78 is 34.0. The maximum absolute atomic E-state index is 13.0. The standard InChI is InChI=1S/C23H30N2O4S/c1-16(2)17-9-12-19(13-10-17)24-23(26)18-11-14-21(29-3)22(15-18)30(27,28)25-20-7-5-4-6-8-20/h9-16,20,25H,4-8H2,1-3H3,(H,24,26). The molecule has 2 aromatic carbocycles. The molecule has 2 N–H and O–H groups in total. The summed E-state index contributed by atoms with van der Waals surface area (Å²) in [6.45, 7) is 4.21. The third-order valence-corrected chi connectivity index (χ3v) is 7.02. The van der Waals surface area contributed by atoms with E-state index in [9.17, 15) is 13.2 Å². The molecule has 30 heavy (non-hydrogen) atoms. The fraction of sp³-hybridized carbons (Fsp3) is 0.435. The molecule has 1 amide bonds. The van der Waals surface area contributed by atoms with E-state index in [2.05, 4.69) is 23.9 Å². The summed E-state index contributed by atoms with van der Waals surface area (Å²) in [5.74, 6) is 0.251. The number of methoxy groups -OCH3 is 1. The second-order valence-electron chi connectivity index (χ2n) is 8.05. The largest absolute Gasteiger partial charge is 0.495 e. The molecule has 0 saturated heterocycles. The Balaban J connectivity index is 1.81. The Labute approximate surface area is 179 Å². The predicted molar refractivity (Wildman–Crippen MR) is 119 cm³/mol. The van der Waals surface area contributed by atoms with Gasteiger partial charge in [-0.25, -0.2) is 13.1 Å². The quantitative estimate of drug-likeness (QED) is 0.668. The van der Waals surface area contributed by atoms with Gasteiger partial charge in [0.2, 0.25) is 10.0 Å². The summed E-state index contributed by atoms with van der Waals surface area (Å²) in [4.78, 5) is 12.7. The van der Waals surface area contributed by atoms with E-state index in [0.29, 0.717) is 11.6 Å². The molecular weight excluding hydrogens is 400 g/mol. The highest BCUT2D eigenvalue weighted by Crippen LogP contribution is 2.27. The maximum Gasteiger partial charge on any atom is 0.255 e. The maximum atomic E-state index is 13.0. The van der Waals surface area contributed by atoms with E-state index < -0.39 is 10.0 Å². The highest BCUT2D eigenvalue weighted by Gasteiger charge is 2.26. The number of rotatable bonds is 7. The van der Waals surface area contributed by atoms with Crippen LogP contribution < -0.4 is 14.8 Å². The van der Waals surface area contributed by atoms with E-state index in [-0.39, 0.29) is 28.2 Å². The number of amides is 1. The van der Waals surface area contributed by atoms with Crippen molar-refractivity contribution < 1.29 is 17.9 Å².